The molecule has 2 aliphatic carbocycles. The fourth-order valence-electron chi connectivity index (χ4n) is 5.08. The molecule has 186 valence electrons. The van der Waals surface area contributed by atoms with Gasteiger partial charge < -0.3 is 25.4 Å². The summed E-state index contributed by atoms with van der Waals surface area (Å²) < 4.78 is 5.62. The minimum Gasteiger partial charge on any atom is -0.481 e. The van der Waals surface area contributed by atoms with Crippen LogP contribution in [0.25, 0.3) is 11.1 Å². The number of nitrogens with zero attached hydrogens (tertiary/aromatic N) is 1. The van der Waals surface area contributed by atoms with Gasteiger partial charge >= 0.3 is 12.1 Å². The van der Waals surface area contributed by atoms with E-state index in [1.54, 1.807) is 0 Å². The highest BCUT2D eigenvalue weighted by Gasteiger charge is 2.33. The predicted molar refractivity (Wildman–Crippen MR) is 132 cm³/mol. The SMILES string of the molecule is CN(C)CCC(NC(=O)OCC1c2ccccc2-c2ccccc21)C(=O)N[C@@H]1CC[C@H](C(=O)O)C1. The Morgan fingerprint density at radius 3 is 2.23 bits per heavy atom. The van der Waals surface area contributed by atoms with Crippen molar-refractivity contribution in [1.82, 2.24) is 15.5 Å². The fraction of sp³-hybridized carbons (Fsp3) is 0.444. The van der Waals surface area contributed by atoms with Gasteiger partial charge in [-0.25, -0.2) is 4.79 Å². The van der Waals surface area contributed by atoms with E-state index in [-0.39, 0.29) is 24.5 Å². The third-order valence-corrected chi connectivity index (χ3v) is 6.95. The van der Waals surface area contributed by atoms with Crippen LogP contribution in [0.4, 0.5) is 4.79 Å². The van der Waals surface area contributed by atoms with Crippen LogP contribution in [-0.4, -0.2) is 67.3 Å². The van der Waals surface area contributed by atoms with Crippen LogP contribution < -0.4 is 10.6 Å². The van der Waals surface area contributed by atoms with Gasteiger partial charge in [0.1, 0.15) is 12.6 Å². The molecule has 0 saturated heterocycles. The maximum Gasteiger partial charge on any atom is 0.407 e. The van der Waals surface area contributed by atoms with E-state index in [2.05, 4.69) is 34.9 Å². The molecule has 3 N–H and O–H groups in total. The van der Waals surface area contributed by atoms with Crippen molar-refractivity contribution in [3.8, 4) is 11.1 Å². The van der Waals surface area contributed by atoms with Crippen molar-refractivity contribution in [2.75, 3.05) is 27.2 Å². The maximum absolute atomic E-state index is 13.0. The summed E-state index contributed by atoms with van der Waals surface area (Å²) in [6.07, 6.45) is 1.35. The highest BCUT2D eigenvalue weighted by molar-refractivity contribution is 5.86. The lowest BCUT2D eigenvalue weighted by Crippen LogP contribution is -2.50. The molecule has 0 aliphatic heterocycles. The van der Waals surface area contributed by atoms with E-state index in [0.29, 0.717) is 32.2 Å². The van der Waals surface area contributed by atoms with E-state index in [0.717, 1.165) is 22.3 Å². The molecule has 2 amide bonds. The standard InChI is InChI=1S/C27H33N3O5/c1-30(2)14-13-24(25(31)28-18-12-11-17(15-18)26(32)33)29-27(34)35-16-23-21-9-5-3-7-19(21)20-8-4-6-10-22(20)23/h3-10,17-18,23-24H,11-16H2,1-2H3,(H,28,31)(H,29,34)(H,32,33)/t17-,18+,24?/m0/s1. The number of carbonyl (C=O) groups excluding carboxylic acids is 2. The summed E-state index contributed by atoms with van der Waals surface area (Å²) >= 11 is 0. The van der Waals surface area contributed by atoms with Crippen molar-refractivity contribution in [2.24, 2.45) is 5.92 Å². The Balaban J connectivity index is 1.37. The molecule has 2 aromatic carbocycles. The van der Waals surface area contributed by atoms with Crippen molar-refractivity contribution in [2.45, 2.75) is 43.7 Å². The largest absolute Gasteiger partial charge is 0.481 e. The number of carboxylic acids is 1. The van der Waals surface area contributed by atoms with Crippen LogP contribution in [0, 0.1) is 5.92 Å². The van der Waals surface area contributed by atoms with E-state index in [1.807, 2.05) is 43.3 Å². The summed E-state index contributed by atoms with van der Waals surface area (Å²) in [4.78, 5) is 38.9. The second-order valence-corrected chi connectivity index (χ2v) is 9.67. The minimum atomic E-state index is -0.831. The van der Waals surface area contributed by atoms with Gasteiger partial charge in [-0.3, -0.25) is 9.59 Å². The molecule has 0 radical (unpaired) electrons. The lowest BCUT2D eigenvalue weighted by atomic mass is 9.98. The summed E-state index contributed by atoms with van der Waals surface area (Å²) in [7, 11) is 3.80. The average molecular weight is 480 g/mol. The zero-order valence-corrected chi connectivity index (χ0v) is 20.2. The van der Waals surface area contributed by atoms with Crippen molar-refractivity contribution in [3.05, 3.63) is 59.7 Å². The van der Waals surface area contributed by atoms with E-state index in [9.17, 15) is 19.5 Å². The molecule has 0 spiro atoms. The number of fused-ring (bicyclic) bond motifs is 3. The molecule has 0 heterocycles. The minimum absolute atomic E-state index is 0.0614. The fourth-order valence-corrected chi connectivity index (χ4v) is 5.08. The Morgan fingerprint density at radius 2 is 1.66 bits per heavy atom. The molecule has 1 saturated carbocycles. The second kappa shape index (κ2) is 10.9. The first kappa shape index (κ1) is 24.7. The highest BCUT2D eigenvalue weighted by Crippen LogP contribution is 2.44. The number of amides is 2. The molecule has 1 unspecified atom stereocenters. The molecule has 2 aliphatic rings. The zero-order valence-electron chi connectivity index (χ0n) is 20.2. The van der Waals surface area contributed by atoms with E-state index < -0.39 is 24.0 Å². The van der Waals surface area contributed by atoms with Gasteiger partial charge in [-0.1, -0.05) is 48.5 Å². The second-order valence-electron chi connectivity index (χ2n) is 9.67. The summed E-state index contributed by atoms with van der Waals surface area (Å²) in [5.74, 6) is -1.64. The molecule has 1 fully saturated rings. The van der Waals surface area contributed by atoms with Gasteiger partial charge in [-0.15, -0.1) is 0 Å². The Kier molecular flexibility index (Phi) is 7.70. The molecule has 3 atom stereocenters. The van der Waals surface area contributed by atoms with Crippen LogP contribution in [0.3, 0.4) is 0 Å². The van der Waals surface area contributed by atoms with Crippen LogP contribution in [-0.2, 0) is 14.3 Å². The summed E-state index contributed by atoms with van der Waals surface area (Å²) in [6, 6.07) is 15.3. The number of alkyl carbamates (subject to hydrolysis) is 1. The van der Waals surface area contributed by atoms with Gasteiger partial charge in [-0.2, -0.15) is 0 Å². The number of hydrogen-bond donors (Lipinski definition) is 3. The first-order valence-electron chi connectivity index (χ1n) is 12.1. The number of nitrogens with one attached hydrogen (secondary N) is 2. The number of hydrogen-bond acceptors (Lipinski definition) is 5. The smallest absolute Gasteiger partial charge is 0.407 e. The molecule has 2 aromatic rings. The first-order chi connectivity index (χ1) is 16.8. The monoisotopic (exact) mass is 479 g/mol. The number of aliphatic carboxylic acids is 1. The van der Waals surface area contributed by atoms with E-state index >= 15 is 0 Å². The van der Waals surface area contributed by atoms with Crippen molar-refractivity contribution >= 4 is 18.0 Å². The van der Waals surface area contributed by atoms with E-state index in [1.165, 1.54) is 0 Å². The predicted octanol–water partition coefficient (Wildman–Crippen LogP) is 3.21. The van der Waals surface area contributed by atoms with Gasteiger partial charge in [-0.05, 0) is 68.6 Å². The van der Waals surface area contributed by atoms with Gasteiger partial charge in [0, 0.05) is 12.0 Å². The number of benzene rings is 2. The topological polar surface area (TPSA) is 108 Å². The van der Waals surface area contributed by atoms with Crippen molar-refractivity contribution in [3.63, 3.8) is 0 Å². The molecule has 8 heteroatoms. The number of ether oxygens (including phenoxy) is 1. The van der Waals surface area contributed by atoms with Crippen LogP contribution in [0.15, 0.2) is 48.5 Å². The molecule has 0 bridgehead atoms. The molecular formula is C27H33N3O5. The number of carboxylic acid groups (broad SMARTS) is 1. The molecule has 8 nitrogen and oxygen atoms in total. The third-order valence-electron chi connectivity index (χ3n) is 6.95. The summed E-state index contributed by atoms with van der Waals surface area (Å²) in [5, 5.41) is 14.9. The Morgan fingerprint density at radius 1 is 1.03 bits per heavy atom. The van der Waals surface area contributed by atoms with Crippen molar-refractivity contribution < 1.29 is 24.2 Å². The first-order valence-corrected chi connectivity index (χ1v) is 12.1. The maximum atomic E-state index is 13.0. The van der Waals surface area contributed by atoms with Gasteiger partial charge in [0.05, 0.1) is 5.92 Å². The molecule has 0 aromatic heterocycles. The van der Waals surface area contributed by atoms with Crippen LogP contribution in [0.5, 0.6) is 0 Å². The van der Waals surface area contributed by atoms with Gasteiger partial charge in [0.15, 0.2) is 0 Å². The van der Waals surface area contributed by atoms with Crippen LogP contribution in [0.2, 0.25) is 0 Å². The average Bonchev–Trinajstić information content (AvgIpc) is 3.43. The number of rotatable bonds is 9. The Bertz CT molecular complexity index is 1040. The lowest BCUT2D eigenvalue weighted by Gasteiger charge is -2.23. The normalized spacial score (nSPS) is 19.6. The van der Waals surface area contributed by atoms with Crippen LogP contribution in [0.1, 0.15) is 42.7 Å². The highest BCUT2D eigenvalue weighted by atomic mass is 16.5. The van der Waals surface area contributed by atoms with E-state index in [4.69, 9.17) is 4.74 Å². The Labute approximate surface area is 205 Å². The zero-order chi connectivity index (χ0) is 24.9. The summed E-state index contributed by atoms with van der Waals surface area (Å²) in [6.45, 7) is 0.773. The quantitative estimate of drug-likeness (QED) is 0.510. The molecular weight excluding hydrogens is 446 g/mol. The third kappa shape index (κ3) is 5.82. The van der Waals surface area contributed by atoms with Gasteiger partial charge in [0.25, 0.3) is 0 Å². The molecule has 35 heavy (non-hydrogen) atoms. The number of carbonyl (C=O) groups is 3. The molecule has 4 rings (SSSR count). The lowest BCUT2D eigenvalue weighted by molar-refractivity contribution is -0.141. The van der Waals surface area contributed by atoms with Crippen LogP contribution >= 0.6 is 0 Å². The Hall–Kier alpha value is -3.39. The van der Waals surface area contributed by atoms with Gasteiger partial charge in [0.2, 0.25) is 5.91 Å². The van der Waals surface area contributed by atoms with Crippen molar-refractivity contribution in [1.29, 1.82) is 0 Å². The summed E-state index contributed by atoms with van der Waals surface area (Å²) in [5.41, 5.74) is 4.54.